The normalized spacial score (nSPS) is 23.1. The standard InChI is InChI=1S/C9H14N4O/c1-9(2)3-6(9)4-10-8(14)7-11-5-12-13-7/h5-6H,3-4H2,1-2H3,(H,10,14)(H,11,12,13). The Bertz CT molecular complexity index is 331. The zero-order chi connectivity index (χ0) is 10.2. The summed E-state index contributed by atoms with van der Waals surface area (Å²) in [6, 6.07) is 0. The fraction of sp³-hybridized carbons (Fsp3) is 0.667. The number of aromatic nitrogens is 3. The lowest BCUT2D eigenvalue weighted by Gasteiger charge is -2.04. The Labute approximate surface area is 82.3 Å². The van der Waals surface area contributed by atoms with Crippen molar-refractivity contribution in [1.29, 1.82) is 0 Å². The Hall–Kier alpha value is -1.39. The average Bonchev–Trinajstić information content (AvgIpc) is 2.58. The Balaban J connectivity index is 1.80. The zero-order valence-corrected chi connectivity index (χ0v) is 8.37. The minimum absolute atomic E-state index is 0.176. The van der Waals surface area contributed by atoms with Crippen molar-refractivity contribution >= 4 is 5.91 Å². The van der Waals surface area contributed by atoms with E-state index in [1.54, 1.807) is 0 Å². The maximum atomic E-state index is 11.4. The van der Waals surface area contributed by atoms with Crippen molar-refractivity contribution in [2.45, 2.75) is 20.3 Å². The van der Waals surface area contributed by atoms with E-state index in [2.05, 4.69) is 34.3 Å². The lowest BCUT2D eigenvalue weighted by atomic mass is 10.1. The SMILES string of the molecule is CC1(C)CC1CNC(=O)c1ncn[nH]1. The molecule has 1 aromatic heterocycles. The summed E-state index contributed by atoms with van der Waals surface area (Å²) in [6.45, 7) is 5.14. The second-order valence-corrected chi connectivity index (χ2v) is 4.43. The van der Waals surface area contributed by atoms with Crippen molar-refractivity contribution in [3.8, 4) is 0 Å². The van der Waals surface area contributed by atoms with Crippen LogP contribution in [0, 0.1) is 11.3 Å². The molecule has 0 spiro atoms. The molecule has 14 heavy (non-hydrogen) atoms. The van der Waals surface area contributed by atoms with Gasteiger partial charge in [0, 0.05) is 6.54 Å². The van der Waals surface area contributed by atoms with E-state index in [1.165, 1.54) is 12.7 Å². The Morgan fingerprint density at radius 1 is 1.79 bits per heavy atom. The van der Waals surface area contributed by atoms with Gasteiger partial charge in [0.2, 0.25) is 5.82 Å². The number of amides is 1. The van der Waals surface area contributed by atoms with Crippen LogP contribution in [-0.2, 0) is 0 Å². The first-order valence-electron chi connectivity index (χ1n) is 4.73. The minimum Gasteiger partial charge on any atom is -0.349 e. The molecule has 0 radical (unpaired) electrons. The third-order valence-electron chi connectivity index (χ3n) is 2.86. The van der Waals surface area contributed by atoms with Gasteiger partial charge in [0.25, 0.3) is 5.91 Å². The molecule has 5 heteroatoms. The number of aromatic amines is 1. The van der Waals surface area contributed by atoms with Crippen LogP contribution in [0.5, 0.6) is 0 Å². The summed E-state index contributed by atoms with van der Waals surface area (Å²) in [4.78, 5) is 15.2. The van der Waals surface area contributed by atoms with Gasteiger partial charge in [-0.2, -0.15) is 5.10 Å². The fourth-order valence-corrected chi connectivity index (χ4v) is 1.54. The molecule has 1 aliphatic carbocycles. The van der Waals surface area contributed by atoms with E-state index in [-0.39, 0.29) is 11.7 Å². The molecule has 0 aliphatic heterocycles. The van der Waals surface area contributed by atoms with Crippen molar-refractivity contribution in [3.63, 3.8) is 0 Å². The van der Waals surface area contributed by atoms with Crippen molar-refractivity contribution < 1.29 is 4.79 Å². The van der Waals surface area contributed by atoms with Gasteiger partial charge in [0.1, 0.15) is 6.33 Å². The summed E-state index contributed by atoms with van der Waals surface area (Å²) in [7, 11) is 0. The van der Waals surface area contributed by atoms with Crippen LogP contribution in [0.2, 0.25) is 0 Å². The van der Waals surface area contributed by atoms with E-state index in [0.717, 1.165) is 6.54 Å². The highest BCUT2D eigenvalue weighted by Gasteiger charge is 2.45. The van der Waals surface area contributed by atoms with Crippen LogP contribution in [0.15, 0.2) is 6.33 Å². The Morgan fingerprint density at radius 3 is 3.00 bits per heavy atom. The average molecular weight is 194 g/mol. The van der Waals surface area contributed by atoms with Crippen LogP contribution < -0.4 is 5.32 Å². The van der Waals surface area contributed by atoms with E-state index in [4.69, 9.17) is 0 Å². The molecule has 2 N–H and O–H groups in total. The van der Waals surface area contributed by atoms with Crippen LogP contribution in [0.1, 0.15) is 30.9 Å². The van der Waals surface area contributed by atoms with E-state index < -0.39 is 0 Å². The number of carbonyl (C=O) groups excluding carboxylic acids is 1. The molecule has 5 nitrogen and oxygen atoms in total. The molecular weight excluding hydrogens is 180 g/mol. The van der Waals surface area contributed by atoms with Gasteiger partial charge in [0.15, 0.2) is 0 Å². The van der Waals surface area contributed by atoms with Gasteiger partial charge < -0.3 is 5.32 Å². The van der Waals surface area contributed by atoms with E-state index >= 15 is 0 Å². The molecular formula is C9H14N4O. The third-order valence-corrected chi connectivity index (χ3v) is 2.86. The largest absolute Gasteiger partial charge is 0.349 e. The smallest absolute Gasteiger partial charge is 0.288 e. The summed E-state index contributed by atoms with van der Waals surface area (Å²) in [5.41, 5.74) is 0.398. The topological polar surface area (TPSA) is 70.7 Å². The predicted molar refractivity (Wildman–Crippen MR) is 50.6 cm³/mol. The van der Waals surface area contributed by atoms with Crippen molar-refractivity contribution in [1.82, 2.24) is 20.5 Å². The van der Waals surface area contributed by atoms with Gasteiger partial charge in [-0.1, -0.05) is 13.8 Å². The van der Waals surface area contributed by atoms with Crippen molar-refractivity contribution in [2.75, 3.05) is 6.54 Å². The number of nitrogens with one attached hydrogen (secondary N) is 2. The first kappa shape index (κ1) is 9.18. The molecule has 0 aromatic carbocycles. The van der Waals surface area contributed by atoms with Crippen LogP contribution >= 0.6 is 0 Å². The molecule has 1 heterocycles. The second-order valence-electron chi connectivity index (χ2n) is 4.43. The second kappa shape index (κ2) is 3.08. The third kappa shape index (κ3) is 1.76. The number of H-pyrrole nitrogens is 1. The van der Waals surface area contributed by atoms with Crippen LogP contribution in [0.25, 0.3) is 0 Å². The maximum Gasteiger partial charge on any atom is 0.288 e. The first-order valence-corrected chi connectivity index (χ1v) is 4.73. The molecule has 1 fully saturated rings. The molecule has 2 rings (SSSR count). The van der Waals surface area contributed by atoms with E-state index in [0.29, 0.717) is 11.3 Å². The number of hydrogen-bond donors (Lipinski definition) is 2. The monoisotopic (exact) mass is 194 g/mol. The Morgan fingerprint density at radius 2 is 2.50 bits per heavy atom. The highest BCUT2D eigenvalue weighted by Crippen LogP contribution is 2.50. The highest BCUT2D eigenvalue weighted by molar-refractivity contribution is 5.90. The summed E-state index contributed by atoms with van der Waals surface area (Å²) in [5.74, 6) is 0.711. The summed E-state index contributed by atoms with van der Waals surface area (Å²) < 4.78 is 0. The van der Waals surface area contributed by atoms with Gasteiger partial charge in [-0.15, -0.1) is 0 Å². The zero-order valence-electron chi connectivity index (χ0n) is 8.37. The van der Waals surface area contributed by atoms with Gasteiger partial charge in [-0.3, -0.25) is 9.89 Å². The lowest BCUT2D eigenvalue weighted by Crippen LogP contribution is -2.27. The molecule has 1 aliphatic rings. The van der Waals surface area contributed by atoms with Crippen LogP contribution in [-0.4, -0.2) is 27.6 Å². The molecule has 1 saturated carbocycles. The number of carbonyl (C=O) groups is 1. The van der Waals surface area contributed by atoms with Crippen LogP contribution in [0.4, 0.5) is 0 Å². The molecule has 1 aromatic rings. The number of nitrogens with zero attached hydrogens (tertiary/aromatic N) is 2. The fourth-order valence-electron chi connectivity index (χ4n) is 1.54. The molecule has 0 saturated heterocycles. The first-order chi connectivity index (χ1) is 6.59. The predicted octanol–water partition coefficient (Wildman–Crippen LogP) is 0.581. The van der Waals surface area contributed by atoms with Gasteiger partial charge in [-0.05, 0) is 17.8 Å². The molecule has 1 unspecified atom stereocenters. The molecule has 1 atom stereocenters. The lowest BCUT2D eigenvalue weighted by molar-refractivity contribution is 0.0940. The number of hydrogen-bond acceptors (Lipinski definition) is 3. The van der Waals surface area contributed by atoms with E-state index in [9.17, 15) is 4.79 Å². The van der Waals surface area contributed by atoms with Gasteiger partial charge in [-0.25, -0.2) is 4.98 Å². The van der Waals surface area contributed by atoms with Crippen molar-refractivity contribution in [2.24, 2.45) is 11.3 Å². The molecule has 76 valence electrons. The summed E-state index contributed by atoms with van der Waals surface area (Å²) in [6.07, 6.45) is 2.51. The quantitative estimate of drug-likeness (QED) is 0.739. The maximum absolute atomic E-state index is 11.4. The number of rotatable bonds is 3. The van der Waals surface area contributed by atoms with E-state index in [1.807, 2.05) is 0 Å². The summed E-state index contributed by atoms with van der Waals surface area (Å²) >= 11 is 0. The minimum atomic E-state index is -0.176. The Kier molecular flexibility index (Phi) is 2.02. The van der Waals surface area contributed by atoms with Gasteiger partial charge >= 0.3 is 0 Å². The highest BCUT2D eigenvalue weighted by atomic mass is 16.2. The molecule has 0 bridgehead atoms. The molecule has 1 amide bonds. The van der Waals surface area contributed by atoms with Gasteiger partial charge in [0.05, 0.1) is 0 Å². The summed E-state index contributed by atoms with van der Waals surface area (Å²) in [5, 5.41) is 8.98. The van der Waals surface area contributed by atoms with Crippen molar-refractivity contribution in [3.05, 3.63) is 12.2 Å². The van der Waals surface area contributed by atoms with Crippen LogP contribution in [0.3, 0.4) is 0 Å².